The summed E-state index contributed by atoms with van der Waals surface area (Å²) in [4.78, 5) is 11.6. The fourth-order valence-corrected chi connectivity index (χ4v) is 2.57. The minimum Gasteiger partial charge on any atom is -0.378 e. The van der Waals surface area contributed by atoms with Crippen LogP contribution < -0.4 is 11.1 Å². The number of amides is 1. The average molecular weight is 242 g/mol. The molecule has 0 aromatic rings. The second-order valence-corrected chi connectivity index (χ2v) is 4.92. The molecular weight excluding hydrogens is 216 g/mol. The molecule has 1 amide bonds. The topological polar surface area (TPSA) is 64.3 Å². The molecule has 0 bridgehead atoms. The van der Waals surface area contributed by atoms with Gasteiger partial charge in [0.25, 0.3) is 0 Å². The quantitative estimate of drug-likeness (QED) is 0.666. The Morgan fingerprint density at radius 1 is 1.53 bits per heavy atom. The largest absolute Gasteiger partial charge is 0.378 e. The van der Waals surface area contributed by atoms with Gasteiger partial charge in [-0.1, -0.05) is 20.3 Å². The summed E-state index contributed by atoms with van der Waals surface area (Å²) in [6, 6.07) is 0. The van der Waals surface area contributed by atoms with Gasteiger partial charge in [-0.3, -0.25) is 4.79 Å². The summed E-state index contributed by atoms with van der Waals surface area (Å²) in [5.74, 6) is -0.233. The third kappa shape index (κ3) is 3.96. The molecule has 0 saturated heterocycles. The summed E-state index contributed by atoms with van der Waals surface area (Å²) >= 11 is 0. The molecule has 3 N–H and O–H groups in total. The third-order valence-electron chi connectivity index (χ3n) is 3.54. The highest BCUT2D eigenvalue weighted by Crippen LogP contribution is 2.30. The van der Waals surface area contributed by atoms with Crippen molar-refractivity contribution >= 4 is 5.91 Å². The Balaban J connectivity index is 2.52. The molecule has 0 radical (unpaired) electrons. The van der Waals surface area contributed by atoms with Crippen molar-refractivity contribution in [3.63, 3.8) is 0 Å². The molecule has 4 nitrogen and oxygen atoms in total. The molecule has 0 spiro atoms. The van der Waals surface area contributed by atoms with Crippen molar-refractivity contribution in [2.45, 2.75) is 64.0 Å². The first-order chi connectivity index (χ1) is 8.14. The molecule has 1 rings (SSSR count). The minimum absolute atomic E-state index is 0.182. The van der Waals surface area contributed by atoms with Crippen molar-refractivity contribution in [2.24, 2.45) is 5.73 Å². The van der Waals surface area contributed by atoms with E-state index in [1.165, 1.54) is 0 Å². The Hall–Kier alpha value is -0.610. The Bertz CT molecular complexity index is 242. The lowest BCUT2D eigenvalue weighted by molar-refractivity contribution is -0.128. The van der Waals surface area contributed by atoms with Gasteiger partial charge in [0, 0.05) is 13.0 Å². The van der Waals surface area contributed by atoms with Crippen LogP contribution in [0.15, 0.2) is 0 Å². The van der Waals surface area contributed by atoms with Crippen LogP contribution in [0.4, 0.5) is 0 Å². The second-order valence-electron chi connectivity index (χ2n) is 4.92. The predicted molar refractivity (Wildman–Crippen MR) is 68.7 cm³/mol. The van der Waals surface area contributed by atoms with E-state index in [2.05, 4.69) is 12.2 Å². The van der Waals surface area contributed by atoms with Crippen LogP contribution in [-0.4, -0.2) is 30.7 Å². The van der Waals surface area contributed by atoms with E-state index >= 15 is 0 Å². The maximum atomic E-state index is 11.6. The van der Waals surface area contributed by atoms with Crippen molar-refractivity contribution in [1.29, 1.82) is 0 Å². The van der Waals surface area contributed by atoms with E-state index in [-0.39, 0.29) is 12.0 Å². The maximum Gasteiger partial charge on any atom is 0.237 e. The third-order valence-corrected chi connectivity index (χ3v) is 3.54. The zero-order valence-corrected chi connectivity index (χ0v) is 11.1. The summed E-state index contributed by atoms with van der Waals surface area (Å²) in [5, 5.41) is 3.26. The van der Waals surface area contributed by atoms with Crippen LogP contribution in [0.25, 0.3) is 0 Å². The van der Waals surface area contributed by atoms with Gasteiger partial charge in [-0.15, -0.1) is 0 Å². The van der Waals surface area contributed by atoms with Gasteiger partial charge < -0.3 is 15.8 Å². The predicted octanol–water partition coefficient (Wildman–Crippen LogP) is 1.58. The van der Waals surface area contributed by atoms with Crippen molar-refractivity contribution in [2.75, 3.05) is 13.2 Å². The average Bonchev–Trinajstić information content (AvgIpc) is 2.30. The van der Waals surface area contributed by atoms with Crippen LogP contribution >= 0.6 is 0 Å². The van der Waals surface area contributed by atoms with Gasteiger partial charge in [0.15, 0.2) is 0 Å². The van der Waals surface area contributed by atoms with E-state index in [1.54, 1.807) is 0 Å². The number of carbonyl (C=O) groups is 1. The SMILES string of the molecule is CCCCOC1CCCC(NCC)(C(N)=O)C1. The van der Waals surface area contributed by atoms with Crippen LogP contribution in [0, 0.1) is 0 Å². The first kappa shape index (κ1) is 14.5. The molecular formula is C13H26N2O2. The lowest BCUT2D eigenvalue weighted by Crippen LogP contribution is -2.58. The van der Waals surface area contributed by atoms with Crippen LogP contribution in [0.3, 0.4) is 0 Å². The Labute approximate surface area is 104 Å². The smallest absolute Gasteiger partial charge is 0.237 e. The Kier molecular flexibility index (Phi) is 5.92. The molecule has 1 aliphatic rings. The van der Waals surface area contributed by atoms with Crippen LogP contribution in [0.1, 0.15) is 52.4 Å². The number of hydrogen-bond donors (Lipinski definition) is 2. The lowest BCUT2D eigenvalue weighted by atomic mass is 9.79. The normalized spacial score (nSPS) is 29.2. The van der Waals surface area contributed by atoms with E-state index < -0.39 is 5.54 Å². The molecule has 2 unspecified atom stereocenters. The summed E-state index contributed by atoms with van der Waals surface area (Å²) in [6.07, 6.45) is 6.02. The minimum atomic E-state index is -0.538. The van der Waals surface area contributed by atoms with Crippen LogP contribution in [0.5, 0.6) is 0 Å². The highest BCUT2D eigenvalue weighted by atomic mass is 16.5. The monoisotopic (exact) mass is 242 g/mol. The highest BCUT2D eigenvalue weighted by molar-refractivity contribution is 5.84. The summed E-state index contributed by atoms with van der Waals surface area (Å²) in [7, 11) is 0. The first-order valence-corrected chi connectivity index (χ1v) is 6.81. The number of unbranched alkanes of at least 4 members (excludes halogenated alkanes) is 1. The molecule has 0 aromatic heterocycles. The molecule has 17 heavy (non-hydrogen) atoms. The fraction of sp³-hybridized carbons (Fsp3) is 0.923. The van der Waals surface area contributed by atoms with Gasteiger partial charge in [0.1, 0.15) is 5.54 Å². The van der Waals surface area contributed by atoms with Gasteiger partial charge >= 0.3 is 0 Å². The molecule has 0 aliphatic heterocycles. The number of ether oxygens (including phenoxy) is 1. The van der Waals surface area contributed by atoms with Gasteiger partial charge in [0.2, 0.25) is 5.91 Å². The summed E-state index contributed by atoms with van der Waals surface area (Å²) in [6.45, 7) is 5.72. The molecule has 2 atom stereocenters. The zero-order chi connectivity index (χ0) is 12.7. The lowest BCUT2D eigenvalue weighted by Gasteiger charge is -2.39. The van der Waals surface area contributed by atoms with Crippen molar-refractivity contribution < 1.29 is 9.53 Å². The Morgan fingerprint density at radius 2 is 2.29 bits per heavy atom. The number of nitrogens with one attached hydrogen (secondary N) is 1. The number of primary amides is 1. The number of carbonyl (C=O) groups excluding carboxylic acids is 1. The molecule has 1 aliphatic carbocycles. The van der Waals surface area contributed by atoms with E-state index in [9.17, 15) is 4.79 Å². The summed E-state index contributed by atoms with van der Waals surface area (Å²) in [5.41, 5.74) is 5.01. The van der Waals surface area contributed by atoms with Gasteiger partial charge in [0.05, 0.1) is 6.10 Å². The number of rotatable bonds is 7. The zero-order valence-electron chi connectivity index (χ0n) is 11.1. The van der Waals surface area contributed by atoms with E-state index in [0.717, 1.165) is 51.7 Å². The van der Waals surface area contributed by atoms with E-state index in [1.807, 2.05) is 6.92 Å². The first-order valence-electron chi connectivity index (χ1n) is 6.81. The molecule has 1 saturated carbocycles. The highest BCUT2D eigenvalue weighted by Gasteiger charge is 2.40. The van der Waals surface area contributed by atoms with Gasteiger partial charge in [-0.2, -0.15) is 0 Å². The van der Waals surface area contributed by atoms with Crippen LogP contribution in [-0.2, 0) is 9.53 Å². The van der Waals surface area contributed by atoms with Crippen molar-refractivity contribution in [3.05, 3.63) is 0 Å². The Morgan fingerprint density at radius 3 is 2.88 bits per heavy atom. The second kappa shape index (κ2) is 6.97. The number of nitrogens with two attached hydrogens (primary N) is 1. The molecule has 4 heteroatoms. The van der Waals surface area contributed by atoms with Crippen molar-refractivity contribution in [3.8, 4) is 0 Å². The number of likely N-dealkylation sites (N-methyl/N-ethyl adjacent to an activating group) is 1. The molecule has 1 fully saturated rings. The van der Waals surface area contributed by atoms with Crippen molar-refractivity contribution in [1.82, 2.24) is 5.32 Å². The van der Waals surface area contributed by atoms with Gasteiger partial charge in [-0.05, 0) is 32.2 Å². The van der Waals surface area contributed by atoms with E-state index in [0.29, 0.717) is 0 Å². The van der Waals surface area contributed by atoms with Gasteiger partial charge in [-0.25, -0.2) is 0 Å². The van der Waals surface area contributed by atoms with Crippen LogP contribution in [0.2, 0.25) is 0 Å². The maximum absolute atomic E-state index is 11.6. The standard InChI is InChI=1S/C13H26N2O2/c1-3-5-9-17-11-7-6-8-13(10-11,12(14)16)15-4-2/h11,15H,3-10H2,1-2H3,(H2,14,16). The molecule has 0 heterocycles. The number of hydrogen-bond acceptors (Lipinski definition) is 3. The molecule has 100 valence electrons. The van der Waals surface area contributed by atoms with E-state index in [4.69, 9.17) is 10.5 Å². The fourth-order valence-electron chi connectivity index (χ4n) is 2.57. The molecule has 0 aromatic carbocycles. The summed E-state index contributed by atoms with van der Waals surface area (Å²) < 4.78 is 5.83.